The largest absolute Gasteiger partial charge is 0.468 e. The lowest BCUT2D eigenvalue weighted by atomic mass is 9.83. The number of nitrogens with two attached hydrogens (primary N) is 2. The average Bonchev–Trinajstić information content (AvgIpc) is 4.05. The number of hydrogen-bond donors (Lipinski definition) is 6. The van der Waals surface area contributed by atoms with E-state index in [-0.39, 0.29) is 48.8 Å². The molecule has 17 heteroatoms. The molecule has 3 aromatic rings. The number of ether oxygens (including phenoxy) is 2. The van der Waals surface area contributed by atoms with Gasteiger partial charge in [0.2, 0.25) is 11.8 Å². The molecular formula is C51H67N9O8. The van der Waals surface area contributed by atoms with Gasteiger partial charge < -0.3 is 41.5 Å². The molecule has 0 saturated heterocycles. The van der Waals surface area contributed by atoms with Gasteiger partial charge in [0.05, 0.1) is 23.8 Å². The number of hydrogen-bond acceptors (Lipinski definition) is 11. The molecule has 0 aromatic carbocycles. The third-order valence-corrected chi connectivity index (χ3v) is 14.8. The van der Waals surface area contributed by atoms with Gasteiger partial charge in [-0.05, 0) is 88.1 Å². The van der Waals surface area contributed by atoms with E-state index in [1.165, 1.54) is 7.11 Å². The highest BCUT2D eigenvalue weighted by Crippen LogP contribution is 2.48. The zero-order valence-electron chi connectivity index (χ0n) is 40.4. The molecule has 68 heavy (non-hydrogen) atoms. The zero-order valence-corrected chi connectivity index (χ0v) is 40.4. The number of carbonyl (C=O) groups is 6. The number of fused-ring (bicyclic) bond motifs is 8. The fraction of sp³-hybridized carbons (Fsp3) is 0.549. The second-order valence-corrected chi connectivity index (χ2v) is 19.1. The maximum absolute atomic E-state index is 14.5. The van der Waals surface area contributed by atoms with Crippen molar-refractivity contribution in [3.05, 3.63) is 68.8 Å². The molecule has 2 aliphatic heterocycles. The molecule has 8 bridgehead atoms. The number of methoxy groups -OCH3 is 1. The normalized spacial score (nSPS) is 20.9. The molecule has 1 fully saturated rings. The molecule has 7 rings (SSSR count). The monoisotopic (exact) mass is 934 g/mol. The molecule has 7 atom stereocenters. The van der Waals surface area contributed by atoms with Gasteiger partial charge in [-0.2, -0.15) is 0 Å². The Morgan fingerprint density at radius 1 is 0.912 bits per heavy atom. The summed E-state index contributed by atoms with van der Waals surface area (Å²) < 4.78 is 10.6. The number of guanidine groups is 1. The van der Waals surface area contributed by atoms with Crippen LogP contribution in [0.1, 0.15) is 195 Å². The van der Waals surface area contributed by atoms with E-state index < -0.39 is 47.7 Å². The van der Waals surface area contributed by atoms with Crippen LogP contribution in [-0.2, 0) is 28.7 Å². The molecule has 1 unspecified atom stereocenters. The molecule has 364 valence electrons. The highest BCUT2D eigenvalue weighted by Gasteiger charge is 2.45. The summed E-state index contributed by atoms with van der Waals surface area (Å²) in [5, 5.41) is 5.83. The van der Waals surface area contributed by atoms with Crippen molar-refractivity contribution >= 4 is 63.8 Å². The first kappa shape index (κ1) is 49.5. The smallest absolute Gasteiger partial charge is 0.321 e. The van der Waals surface area contributed by atoms with Crippen molar-refractivity contribution < 1.29 is 38.2 Å². The minimum Gasteiger partial charge on any atom is -0.468 e. The Bertz CT molecular complexity index is 2660. The van der Waals surface area contributed by atoms with Gasteiger partial charge in [-0.1, -0.05) is 52.9 Å². The molecule has 0 radical (unpaired) electrons. The number of aliphatic imine (C=N–C) groups is 1. The Labute approximate surface area is 396 Å². The zero-order chi connectivity index (χ0) is 49.0. The Kier molecular flexibility index (Phi) is 15.5. The molecular weight excluding hydrogens is 867 g/mol. The highest BCUT2D eigenvalue weighted by molar-refractivity contribution is 6.23. The van der Waals surface area contributed by atoms with E-state index in [2.05, 4.69) is 39.4 Å². The number of Topliss-reactive ketones (excluding diaryl/α,β-unsaturated/α-hetero) is 2. The minimum atomic E-state index is -1.30. The highest BCUT2D eigenvalue weighted by atomic mass is 16.5. The van der Waals surface area contributed by atoms with Crippen molar-refractivity contribution in [3.8, 4) is 0 Å². The fourth-order valence-corrected chi connectivity index (χ4v) is 11.0. The number of aromatic nitrogens is 4. The summed E-state index contributed by atoms with van der Waals surface area (Å²) in [7, 11) is 1.25. The second kappa shape index (κ2) is 21.3. The third kappa shape index (κ3) is 10.2. The summed E-state index contributed by atoms with van der Waals surface area (Å²) in [6, 6.07) is 4.87. The predicted molar refractivity (Wildman–Crippen MR) is 258 cm³/mol. The van der Waals surface area contributed by atoms with Crippen LogP contribution in [0, 0.1) is 19.8 Å². The summed E-state index contributed by atoms with van der Waals surface area (Å²) in [5.74, 6) is -3.87. The van der Waals surface area contributed by atoms with Crippen LogP contribution < -0.4 is 22.1 Å². The molecule has 0 spiro atoms. The van der Waals surface area contributed by atoms with Gasteiger partial charge >= 0.3 is 5.97 Å². The van der Waals surface area contributed by atoms with Gasteiger partial charge in [-0.25, -0.2) is 0 Å². The van der Waals surface area contributed by atoms with Crippen LogP contribution in [0.5, 0.6) is 0 Å². The van der Waals surface area contributed by atoms with Gasteiger partial charge in [0.15, 0.2) is 23.8 Å². The number of aromatic amines is 2. The number of carbonyl (C=O) groups excluding carboxylic acids is 6. The SMILES string of the molecule is CC[C@H]1c2cc3[nH]c4c(c3C)C(=O)C(C(=O)OC)c4c3nc(cc4[nH]c(cc(n2)[C@@H]1C)c(C(C)=O)c4C)[C@@H](C)[C@@H]3CCC(=O)N[C@@H](CCCCN=C(N)N)C(=O)N[C@@H](CC1CCCCC1)OC=O. The molecule has 2 aliphatic carbocycles. The lowest BCUT2D eigenvalue weighted by molar-refractivity contribution is -0.142. The van der Waals surface area contributed by atoms with E-state index in [1.54, 1.807) is 6.92 Å². The van der Waals surface area contributed by atoms with Crippen molar-refractivity contribution in [1.29, 1.82) is 0 Å². The number of nitrogens with zero attached hydrogens (tertiary/aromatic N) is 3. The minimum absolute atomic E-state index is 0.0389. The van der Waals surface area contributed by atoms with Crippen LogP contribution in [0.15, 0.2) is 23.2 Å². The van der Waals surface area contributed by atoms with E-state index in [0.29, 0.717) is 93.9 Å². The number of unbranched alkanes of at least 4 members (excludes halogenated alkanes) is 1. The summed E-state index contributed by atoms with van der Waals surface area (Å²) in [5.41, 5.74) is 19.0. The molecule has 17 nitrogen and oxygen atoms in total. The maximum atomic E-state index is 14.5. The summed E-state index contributed by atoms with van der Waals surface area (Å²) >= 11 is 0. The molecule has 3 aromatic heterocycles. The molecule has 4 aliphatic rings. The molecule has 5 heterocycles. The number of rotatable bonds is 18. The van der Waals surface area contributed by atoms with Crippen molar-refractivity contribution in [2.24, 2.45) is 22.4 Å². The Hall–Kier alpha value is -6.39. The van der Waals surface area contributed by atoms with E-state index in [4.69, 9.17) is 30.9 Å². The van der Waals surface area contributed by atoms with Crippen LogP contribution in [0.3, 0.4) is 0 Å². The summed E-state index contributed by atoms with van der Waals surface area (Å²) in [6.45, 7) is 12.2. The van der Waals surface area contributed by atoms with Crippen LogP contribution in [0.25, 0.3) is 22.1 Å². The Balaban J connectivity index is 1.29. The number of nitrogens with one attached hydrogen (secondary N) is 4. The van der Waals surface area contributed by atoms with Crippen molar-refractivity contribution in [1.82, 2.24) is 30.6 Å². The lowest BCUT2D eigenvalue weighted by Gasteiger charge is -2.27. The van der Waals surface area contributed by atoms with Crippen LogP contribution >= 0.6 is 0 Å². The number of aryl methyl sites for hydroxylation is 2. The first-order valence-corrected chi connectivity index (χ1v) is 24.2. The second-order valence-electron chi connectivity index (χ2n) is 19.1. The molecule has 8 N–H and O–H groups in total. The Morgan fingerprint density at radius 2 is 1.59 bits per heavy atom. The molecule has 1 saturated carbocycles. The van der Waals surface area contributed by atoms with Gasteiger partial charge in [-0.15, -0.1) is 0 Å². The van der Waals surface area contributed by atoms with Gasteiger partial charge in [0, 0.05) is 87.9 Å². The topological polar surface area (TPSA) is 267 Å². The third-order valence-electron chi connectivity index (χ3n) is 14.8. The molecule has 2 amide bonds. The van der Waals surface area contributed by atoms with Crippen molar-refractivity contribution in [2.75, 3.05) is 13.7 Å². The number of esters is 1. The van der Waals surface area contributed by atoms with E-state index >= 15 is 0 Å². The van der Waals surface area contributed by atoms with Crippen LogP contribution in [0.2, 0.25) is 0 Å². The number of H-pyrrole nitrogens is 2. The predicted octanol–water partition coefficient (Wildman–Crippen LogP) is 7.07. The standard InChI is InChI=1S/C51H67N9O8/c1-8-31-25(2)34-23-39-42(29(6)62)27(4)36(56-39)21-35-26(3)32(46(58-35)44-45(50(66)67-7)48(64)43-28(5)37(59-47(43)44)22-38(31)55-34)17-18-40(63)57-33(16-12-13-19-54-51(52)53)49(65)60-41(68-24-61)20-30-14-10-9-11-15-30/h21-26,30-33,41,45,56,59H,8-20H2,1-7H3,(H,57,63)(H,60,65)(H4,52,53,54)/t25-,26+,31-,32+,33+,41-,45?/m1/s1. The van der Waals surface area contributed by atoms with Gasteiger partial charge in [0.1, 0.15) is 12.0 Å². The van der Waals surface area contributed by atoms with Gasteiger partial charge in [-0.3, -0.25) is 43.7 Å². The number of ketones is 2. The van der Waals surface area contributed by atoms with Gasteiger partial charge in [0.25, 0.3) is 6.47 Å². The summed E-state index contributed by atoms with van der Waals surface area (Å²) in [4.78, 5) is 103. The van der Waals surface area contributed by atoms with Crippen LogP contribution in [-0.4, -0.2) is 87.6 Å². The van der Waals surface area contributed by atoms with E-state index in [1.807, 2.05) is 39.0 Å². The van der Waals surface area contributed by atoms with E-state index in [0.717, 1.165) is 55.5 Å². The average molecular weight is 934 g/mol. The Morgan fingerprint density at radius 3 is 2.26 bits per heavy atom. The fourth-order valence-electron chi connectivity index (χ4n) is 11.0. The van der Waals surface area contributed by atoms with Crippen molar-refractivity contribution in [2.45, 2.75) is 160 Å². The van der Waals surface area contributed by atoms with E-state index in [9.17, 15) is 28.8 Å². The lowest BCUT2D eigenvalue weighted by Crippen LogP contribution is -2.50. The number of amides is 2. The summed E-state index contributed by atoms with van der Waals surface area (Å²) in [6.07, 6.45) is 7.23. The first-order valence-electron chi connectivity index (χ1n) is 24.2. The quantitative estimate of drug-likeness (QED) is 0.0109. The van der Waals surface area contributed by atoms with Crippen LogP contribution in [0.4, 0.5) is 0 Å². The maximum Gasteiger partial charge on any atom is 0.321 e. The first-order chi connectivity index (χ1) is 32.6. The van der Waals surface area contributed by atoms with Crippen molar-refractivity contribution in [3.63, 3.8) is 0 Å².